The highest BCUT2D eigenvalue weighted by molar-refractivity contribution is 5.97. The molecule has 0 amide bonds. The Morgan fingerprint density at radius 3 is 2.50 bits per heavy atom. The van der Waals surface area contributed by atoms with E-state index in [0.717, 1.165) is 22.4 Å². The fourth-order valence-electron chi connectivity index (χ4n) is 4.81. The summed E-state index contributed by atoms with van der Waals surface area (Å²) in [7, 11) is 4.71. The summed E-state index contributed by atoms with van der Waals surface area (Å²) in [4.78, 5) is 24.1. The van der Waals surface area contributed by atoms with Gasteiger partial charge in [-0.25, -0.2) is 4.98 Å². The maximum atomic E-state index is 12.2. The molecule has 2 aliphatic heterocycles. The number of hydrogen-bond donors (Lipinski definition) is 1. The van der Waals surface area contributed by atoms with E-state index in [1.54, 1.807) is 21.3 Å². The Bertz CT molecular complexity index is 1320. The molecule has 0 aliphatic carbocycles. The Labute approximate surface area is 220 Å². The van der Waals surface area contributed by atoms with Gasteiger partial charge in [0.15, 0.2) is 23.0 Å². The second kappa shape index (κ2) is 11.1. The zero-order valence-corrected chi connectivity index (χ0v) is 22.0. The number of methoxy groups -OCH3 is 3. The first-order chi connectivity index (χ1) is 18.6. The van der Waals surface area contributed by atoms with Gasteiger partial charge >= 0.3 is 5.97 Å². The molecule has 1 N–H and O–H groups in total. The van der Waals surface area contributed by atoms with Crippen LogP contribution in [0.1, 0.15) is 25.3 Å². The summed E-state index contributed by atoms with van der Waals surface area (Å²) in [5.41, 5.74) is 1.60. The molecule has 3 heterocycles. The lowest BCUT2D eigenvalue weighted by atomic mass is 9.97. The van der Waals surface area contributed by atoms with Crippen LogP contribution >= 0.6 is 0 Å². The lowest BCUT2D eigenvalue weighted by molar-refractivity contribution is -0.148. The van der Waals surface area contributed by atoms with E-state index in [4.69, 9.17) is 38.4 Å². The van der Waals surface area contributed by atoms with E-state index in [1.807, 2.05) is 31.2 Å². The molecule has 3 aromatic rings. The molecular weight excluding hydrogens is 492 g/mol. The zero-order valence-electron chi connectivity index (χ0n) is 22.0. The van der Waals surface area contributed by atoms with Gasteiger partial charge in [0.1, 0.15) is 11.3 Å². The molecule has 1 fully saturated rings. The fourth-order valence-corrected chi connectivity index (χ4v) is 4.81. The third-order valence-corrected chi connectivity index (χ3v) is 6.78. The number of ether oxygens (including phenoxy) is 6. The number of rotatable bonds is 9. The van der Waals surface area contributed by atoms with E-state index >= 15 is 0 Å². The molecule has 5 rings (SSSR count). The van der Waals surface area contributed by atoms with Crippen LogP contribution in [0.3, 0.4) is 0 Å². The van der Waals surface area contributed by atoms with Gasteiger partial charge in [-0.3, -0.25) is 4.79 Å². The van der Waals surface area contributed by atoms with Crippen molar-refractivity contribution in [3.63, 3.8) is 0 Å². The van der Waals surface area contributed by atoms with Gasteiger partial charge < -0.3 is 38.6 Å². The van der Waals surface area contributed by atoms with E-state index in [1.165, 1.54) is 0 Å². The molecule has 38 heavy (non-hydrogen) atoms. The Morgan fingerprint density at radius 1 is 1.03 bits per heavy atom. The van der Waals surface area contributed by atoms with Crippen LogP contribution in [0.5, 0.6) is 28.7 Å². The van der Waals surface area contributed by atoms with Crippen LogP contribution in [0, 0.1) is 5.92 Å². The van der Waals surface area contributed by atoms with Crippen molar-refractivity contribution in [3.8, 4) is 28.7 Å². The van der Waals surface area contributed by atoms with Gasteiger partial charge in [-0.15, -0.1) is 0 Å². The van der Waals surface area contributed by atoms with Gasteiger partial charge in [0.2, 0.25) is 18.5 Å². The van der Waals surface area contributed by atoms with Gasteiger partial charge in [0.05, 0.1) is 39.2 Å². The first kappa shape index (κ1) is 25.5. The third kappa shape index (κ3) is 4.88. The van der Waals surface area contributed by atoms with Gasteiger partial charge in [-0.05, 0) is 43.5 Å². The highest BCUT2D eigenvalue weighted by Gasteiger charge is 2.29. The highest BCUT2D eigenvalue weighted by Crippen LogP contribution is 2.45. The number of benzene rings is 2. The second-order valence-corrected chi connectivity index (χ2v) is 8.97. The summed E-state index contributed by atoms with van der Waals surface area (Å²) in [6.07, 6.45) is 1.34. The smallest absolute Gasteiger partial charge is 0.309 e. The Balaban J connectivity index is 1.50. The number of anilines is 2. The molecule has 11 heteroatoms. The molecule has 2 aromatic carbocycles. The normalized spacial score (nSPS) is 14.9. The fraction of sp³-hybridized carbons (Fsp3) is 0.444. The molecule has 1 aromatic heterocycles. The predicted molar refractivity (Wildman–Crippen MR) is 141 cm³/mol. The summed E-state index contributed by atoms with van der Waals surface area (Å²) in [6.45, 7) is 4.18. The molecule has 0 bridgehead atoms. The van der Waals surface area contributed by atoms with Gasteiger partial charge in [0, 0.05) is 19.6 Å². The van der Waals surface area contributed by atoms with Crippen LogP contribution in [0.15, 0.2) is 24.3 Å². The van der Waals surface area contributed by atoms with Crippen LogP contribution in [-0.4, -0.2) is 63.8 Å². The molecule has 2 aliphatic rings. The summed E-state index contributed by atoms with van der Waals surface area (Å²) < 4.78 is 33.1. The Kier molecular flexibility index (Phi) is 7.43. The van der Waals surface area contributed by atoms with Crippen molar-refractivity contribution < 1.29 is 33.2 Å². The van der Waals surface area contributed by atoms with E-state index < -0.39 is 0 Å². The van der Waals surface area contributed by atoms with E-state index in [-0.39, 0.29) is 18.7 Å². The maximum absolute atomic E-state index is 12.2. The lowest BCUT2D eigenvalue weighted by Crippen LogP contribution is -2.38. The van der Waals surface area contributed by atoms with Crippen molar-refractivity contribution in [1.82, 2.24) is 9.97 Å². The second-order valence-electron chi connectivity index (χ2n) is 8.97. The molecule has 1 saturated heterocycles. The van der Waals surface area contributed by atoms with Crippen molar-refractivity contribution in [1.29, 1.82) is 0 Å². The number of piperidine rings is 1. The third-order valence-electron chi connectivity index (χ3n) is 6.78. The lowest BCUT2D eigenvalue weighted by Gasteiger charge is -2.31. The van der Waals surface area contributed by atoms with Gasteiger partial charge in [-0.2, -0.15) is 4.98 Å². The zero-order chi connectivity index (χ0) is 26.6. The highest BCUT2D eigenvalue weighted by atomic mass is 16.7. The van der Waals surface area contributed by atoms with Crippen molar-refractivity contribution in [2.24, 2.45) is 5.92 Å². The summed E-state index contributed by atoms with van der Waals surface area (Å²) >= 11 is 0. The predicted octanol–water partition coefficient (Wildman–Crippen LogP) is 3.78. The summed E-state index contributed by atoms with van der Waals surface area (Å²) in [5, 5.41) is 4.19. The molecule has 0 spiro atoms. The van der Waals surface area contributed by atoms with Crippen LogP contribution in [0.2, 0.25) is 0 Å². The van der Waals surface area contributed by atoms with E-state index in [2.05, 4.69) is 10.2 Å². The first-order valence-corrected chi connectivity index (χ1v) is 12.6. The minimum Gasteiger partial charge on any atom is -0.493 e. The average molecular weight is 525 g/mol. The molecular formula is C27H32N4O7. The van der Waals surface area contributed by atoms with Crippen LogP contribution in [0.4, 0.5) is 11.8 Å². The number of fused-ring (bicyclic) bond motifs is 2. The summed E-state index contributed by atoms with van der Waals surface area (Å²) in [5.74, 6) is 3.77. The van der Waals surface area contributed by atoms with Crippen molar-refractivity contribution in [2.75, 3.05) is 58.0 Å². The molecule has 0 radical (unpaired) electrons. The Hall–Kier alpha value is -4.15. The Morgan fingerprint density at radius 2 is 1.79 bits per heavy atom. The van der Waals surface area contributed by atoms with E-state index in [9.17, 15) is 4.79 Å². The van der Waals surface area contributed by atoms with Crippen molar-refractivity contribution >= 4 is 28.6 Å². The number of carbonyl (C=O) groups is 1. The number of nitrogens with one attached hydrogen (secondary N) is 1. The maximum Gasteiger partial charge on any atom is 0.309 e. The van der Waals surface area contributed by atoms with Gasteiger partial charge in [-0.1, -0.05) is 6.07 Å². The molecule has 0 unspecified atom stereocenters. The van der Waals surface area contributed by atoms with Crippen LogP contribution in [-0.2, 0) is 16.1 Å². The minimum absolute atomic E-state index is 0.117. The monoisotopic (exact) mass is 524 g/mol. The molecule has 11 nitrogen and oxygen atoms in total. The van der Waals surface area contributed by atoms with Crippen molar-refractivity contribution in [3.05, 3.63) is 29.8 Å². The van der Waals surface area contributed by atoms with Crippen LogP contribution < -0.4 is 33.9 Å². The standard InChI is InChI=1S/C27H32N4O7/c1-5-36-26(32)17-8-10-31(11-9-17)27-29-22-18(13-21(33-2)23(34-3)24(22)35-4)25(30-27)28-14-16-6-7-19-20(12-16)38-15-37-19/h6-7,12-13,17H,5,8-11,14-15H2,1-4H3,(H,28,29,30). The number of hydrogen-bond acceptors (Lipinski definition) is 11. The SMILES string of the molecule is CCOC(=O)C1CCN(c2nc(NCc3ccc4c(c3)OCO4)c3cc(OC)c(OC)c(OC)c3n2)CC1. The molecule has 0 saturated carbocycles. The van der Waals surface area contributed by atoms with Gasteiger partial charge in [0.25, 0.3) is 0 Å². The number of carbonyl (C=O) groups excluding carboxylic acids is 1. The number of aromatic nitrogens is 2. The summed E-state index contributed by atoms with van der Waals surface area (Å²) in [6, 6.07) is 7.67. The van der Waals surface area contributed by atoms with Crippen LogP contribution in [0.25, 0.3) is 10.9 Å². The average Bonchev–Trinajstić information content (AvgIpc) is 3.43. The first-order valence-electron chi connectivity index (χ1n) is 12.6. The minimum atomic E-state index is -0.142. The topological polar surface area (TPSA) is 114 Å². The molecule has 0 atom stereocenters. The largest absolute Gasteiger partial charge is 0.493 e. The number of esters is 1. The van der Waals surface area contributed by atoms with Crippen molar-refractivity contribution in [2.45, 2.75) is 26.3 Å². The number of nitrogens with zero attached hydrogens (tertiary/aromatic N) is 3. The van der Waals surface area contributed by atoms with E-state index in [0.29, 0.717) is 73.6 Å². The quantitative estimate of drug-likeness (QED) is 0.413. The molecule has 202 valence electrons.